The predicted molar refractivity (Wildman–Crippen MR) is 124 cm³/mol. The first-order valence-electron chi connectivity index (χ1n) is 9.58. The summed E-state index contributed by atoms with van der Waals surface area (Å²) in [5.74, 6) is 0.648. The number of nitrogens with one attached hydrogen (secondary N) is 2. The number of guanidine groups is 1. The summed E-state index contributed by atoms with van der Waals surface area (Å²) in [7, 11) is 0. The van der Waals surface area contributed by atoms with Crippen LogP contribution in [-0.4, -0.2) is 49.6 Å². The van der Waals surface area contributed by atoms with Gasteiger partial charge in [0.2, 0.25) is 0 Å². The molecule has 1 aliphatic heterocycles. The van der Waals surface area contributed by atoms with Crippen LogP contribution in [0.4, 0.5) is 4.39 Å². The zero-order valence-corrected chi connectivity index (χ0v) is 19.1. The molecular weight excluding hydrogens is 454 g/mol. The molecule has 152 valence electrons. The maximum Gasteiger partial charge on any atom is 0.191 e. The van der Waals surface area contributed by atoms with Gasteiger partial charge >= 0.3 is 0 Å². The van der Waals surface area contributed by atoms with E-state index in [2.05, 4.69) is 42.9 Å². The molecule has 0 amide bonds. The Morgan fingerprint density at radius 3 is 2.67 bits per heavy atom. The van der Waals surface area contributed by atoms with Gasteiger partial charge in [-0.3, -0.25) is 9.89 Å². The van der Waals surface area contributed by atoms with Crippen LogP contribution in [0.15, 0.2) is 41.9 Å². The molecule has 6 heteroatoms. The van der Waals surface area contributed by atoms with Crippen LogP contribution in [0.3, 0.4) is 0 Å². The fourth-order valence-corrected chi connectivity index (χ4v) is 3.23. The summed E-state index contributed by atoms with van der Waals surface area (Å²) in [6, 6.07) is 7.25. The zero-order valence-electron chi connectivity index (χ0n) is 16.8. The maximum atomic E-state index is 13.5. The highest BCUT2D eigenvalue weighted by Crippen LogP contribution is 2.24. The highest BCUT2D eigenvalue weighted by atomic mass is 127. The number of nitrogens with zero attached hydrogens (tertiary/aromatic N) is 2. The van der Waals surface area contributed by atoms with Gasteiger partial charge in [0.05, 0.1) is 6.54 Å². The fourth-order valence-electron chi connectivity index (χ4n) is 3.23. The van der Waals surface area contributed by atoms with Crippen LogP contribution in [0.5, 0.6) is 0 Å². The molecule has 2 rings (SSSR count). The molecule has 0 aromatic heterocycles. The normalized spacial score (nSPS) is 16.5. The van der Waals surface area contributed by atoms with Crippen LogP contribution < -0.4 is 10.6 Å². The minimum absolute atomic E-state index is 0. The van der Waals surface area contributed by atoms with Gasteiger partial charge < -0.3 is 10.6 Å². The van der Waals surface area contributed by atoms with Crippen LogP contribution in [-0.2, 0) is 5.41 Å². The molecule has 1 saturated heterocycles. The maximum absolute atomic E-state index is 13.5. The van der Waals surface area contributed by atoms with E-state index in [1.165, 1.54) is 6.07 Å². The van der Waals surface area contributed by atoms with E-state index < -0.39 is 0 Å². The monoisotopic (exact) mass is 488 g/mol. The molecule has 4 nitrogen and oxygen atoms in total. The second-order valence-electron chi connectivity index (χ2n) is 7.60. The van der Waals surface area contributed by atoms with E-state index in [0.717, 1.165) is 50.5 Å². The van der Waals surface area contributed by atoms with Crippen molar-refractivity contribution in [2.75, 3.05) is 32.7 Å². The van der Waals surface area contributed by atoms with Crippen LogP contribution >= 0.6 is 24.0 Å². The molecule has 1 heterocycles. The Labute approximate surface area is 180 Å². The predicted octanol–water partition coefficient (Wildman–Crippen LogP) is 3.93. The first-order chi connectivity index (χ1) is 12.4. The Balaban J connectivity index is 0.00000364. The summed E-state index contributed by atoms with van der Waals surface area (Å²) in [4.78, 5) is 7.20. The number of benzene rings is 1. The minimum Gasteiger partial charge on any atom is -0.357 e. The van der Waals surface area contributed by atoms with E-state index in [0.29, 0.717) is 12.6 Å². The van der Waals surface area contributed by atoms with Gasteiger partial charge in [0.25, 0.3) is 0 Å². The quantitative estimate of drug-likeness (QED) is 0.265. The highest BCUT2D eigenvalue weighted by Gasteiger charge is 2.22. The molecule has 0 atom stereocenters. The molecule has 1 fully saturated rings. The lowest BCUT2D eigenvalue weighted by molar-refractivity contribution is 0.225. The van der Waals surface area contributed by atoms with Gasteiger partial charge in [0.15, 0.2) is 5.96 Å². The van der Waals surface area contributed by atoms with Crippen molar-refractivity contribution in [3.8, 4) is 0 Å². The van der Waals surface area contributed by atoms with Crippen molar-refractivity contribution < 1.29 is 4.39 Å². The number of likely N-dealkylation sites (tertiary alicyclic amines) is 1. The molecule has 0 saturated carbocycles. The van der Waals surface area contributed by atoms with Crippen molar-refractivity contribution in [3.05, 3.63) is 48.3 Å². The Morgan fingerprint density at radius 2 is 2.07 bits per heavy atom. The summed E-state index contributed by atoms with van der Waals surface area (Å²) in [5, 5.41) is 6.90. The standard InChI is InChI=1S/C21H33FN4.HI/c1-5-12-26-13-10-19(11-14-26)25-20(23-6-2)24-16-21(3,4)17-8-7-9-18(22)15-17;/h5,7-9,15,19H,1,6,10-14,16H2,2-4H3,(H2,23,24,25);1H. The van der Waals surface area contributed by atoms with Crippen molar-refractivity contribution in [2.24, 2.45) is 4.99 Å². The van der Waals surface area contributed by atoms with Gasteiger partial charge in [-0.15, -0.1) is 30.6 Å². The van der Waals surface area contributed by atoms with E-state index in [-0.39, 0.29) is 35.2 Å². The Hall–Kier alpha value is -1.15. The third-order valence-corrected chi connectivity index (χ3v) is 4.90. The van der Waals surface area contributed by atoms with Gasteiger partial charge in [-0.1, -0.05) is 32.1 Å². The van der Waals surface area contributed by atoms with E-state index in [4.69, 9.17) is 4.99 Å². The summed E-state index contributed by atoms with van der Waals surface area (Å²) in [5.41, 5.74) is 0.743. The van der Waals surface area contributed by atoms with Gasteiger partial charge in [-0.25, -0.2) is 4.39 Å². The van der Waals surface area contributed by atoms with Crippen molar-refractivity contribution in [3.63, 3.8) is 0 Å². The lowest BCUT2D eigenvalue weighted by atomic mass is 9.85. The van der Waals surface area contributed by atoms with Crippen molar-refractivity contribution >= 4 is 29.9 Å². The zero-order chi connectivity index (χ0) is 19.0. The molecule has 0 spiro atoms. The van der Waals surface area contributed by atoms with Crippen LogP contribution in [0, 0.1) is 5.82 Å². The average molecular weight is 488 g/mol. The van der Waals surface area contributed by atoms with Gasteiger partial charge in [-0.05, 0) is 37.5 Å². The molecule has 27 heavy (non-hydrogen) atoms. The molecule has 1 aromatic rings. The number of aliphatic imine (C=N–C) groups is 1. The fraction of sp³-hybridized carbons (Fsp3) is 0.571. The number of piperidine rings is 1. The molecular formula is C21H34FIN4. The van der Waals surface area contributed by atoms with Crippen molar-refractivity contribution in [1.82, 2.24) is 15.5 Å². The molecule has 1 aliphatic rings. The molecule has 0 radical (unpaired) electrons. The largest absolute Gasteiger partial charge is 0.357 e. The van der Waals surface area contributed by atoms with Crippen LogP contribution in [0.1, 0.15) is 39.2 Å². The van der Waals surface area contributed by atoms with Crippen LogP contribution in [0.25, 0.3) is 0 Å². The second kappa shape index (κ2) is 11.6. The topological polar surface area (TPSA) is 39.7 Å². The molecule has 0 aliphatic carbocycles. The van der Waals surface area contributed by atoms with E-state index >= 15 is 0 Å². The van der Waals surface area contributed by atoms with Gasteiger partial charge in [0, 0.05) is 37.6 Å². The van der Waals surface area contributed by atoms with Crippen molar-refractivity contribution in [1.29, 1.82) is 0 Å². The first kappa shape index (κ1) is 23.9. The smallest absolute Gasteiger partial charge is 0.191 e. The molecule has 2 N–H and O–H groups in total. The van der Waals surface area contributed by atoms with Gasteiger partial charge in [0.1, 0.15) is 5.82 Å². The van der Waals surface area contributed by atoms with Crippen LogP contribution in [0.2, 0.25) is 0 Å². The lowest BCUT2D eigenvalue weighted by Crippen LogP contribution is -2.49. The van der Waals surface area contributed by atoms with Crippen molar-refractivity contribution in [2.45, 2.75) is 45.1 Å². The molecule has 1 aromatic carbocycles. The summed E-state index contributed by atoms with van der Waals surface area (Å²) in [6.07, 6.45) is 4.17. The average Bonchev–Trinajstić information content (AvgIpc) is 2.62. The Bertz CT molecular complexity index is 610. The molecule has 0 unspecified atom stereocenters. The van der Waals surface area contributed by atoms with E-state index in [9.17, 15) is 4.39 Å². The SMILES string of the molecule is C=CCN1CCC(NC(=NCC(C)(C)c2cccc(F)c2)NCC)CC1.I. The van der Waals surface area contributed by atoms with E-state index in [1.807, 2.05) is 12.1 Å². The lowest BCUT2D eigenvalue weighted by Gasteiger charge is -2.32. The number of rotatable bonds is 7. The van der Waals surface area contributed by atoms with E-state index in [1.54, 1.807) is 12.1 Å². The number of hydrogen-bond donors (Lipinski definition) is 2. The summed E-state index contributed by atoms with van der Waals surface area (Å²) in [6.45, 7) is 14.6. The Kier molecular flexibility index (Phi) is 10.3. The third-order valence-electron chi connectivity index (χ3n) is 4.90. The molecule has 0 bridgehead atoms. The summed E-state index contributed by atoms with van der Waals surface area (Å²) < 4.78 is 13.5. The number of hydrogen-bond acceptors (Lipinski definition) is 2. The highest BCUT2D eigenvalue weighted by molar-refractivity contribution is 14.0. The first-order valence-corrected chi connectivity index (χ1v) is 9.58. The Morgan fingerprint density at radius 1 is 1.37 bits per heavy atom. The minimum atomic E-state index is -0.224. The summed E-state index contributed by atoms with van der Waals surface area (Å²) >= 11 is 0. The van der Waals surface area contributed by atoms with Gasteiger partial charge in [-0.2, -0.15) is 0 Å². The number of halogens is 2. The third kappa shape index (κ3) is 7.78. The second-order valence-corrected chi connectivity index (χ2v) is 7.60.